The molecule has 1 saturated heterocycles. The van der Waals surface area contributed by atoms with Crippen molar-refractivity contribution < 1.29 is 9.53 Å². The molecule has 2 aromatic rings. The Hall–Kier alpha value is -2.17. The summed E-state index contributed by atoms with van der Waals surface area (Å²) in [5.41, 5.74) is 2.93. The van der Waals surface area contributed by atoms with Crippen LogP contribution >= 0.6 is 0 Å². The first-order valence-electron chi connectivity index (χ1n) is 9.65. The number of rotatable bonds is 7. The minimum absolute atomic E-state index is 0.246. The van der Waals surface area contributed by atoms with E-state index in [1.54, 1.807) is 0 Å². The Kier molecular flexibility index (Phi) is 6.30. The van der Waals surface area contributed by atoms with Crippen LogP contribution in [-0.4, -0.2) is 56.6 Å². The Labute approximate surface area is 162 Å². The first kappa shape index (κ1) is 19.6. The maximum Gasteiger partial charge on any atom is 0.157 e. The van der Waals surface area contributed by atoms with Crippen LogP contribution in [0.5, 0.6) is 0 Å². The molecule has 1 heterocycles. The lowest BCUT2D eigenvalue weighted by Gasteiger charge is -2.35. The molecule has 4 heteroatoms. The van der Waals surface area contributed by atoms with Crippen molar-refractivity contribution in [2.75, 3.05) is 45.3 Å². The van der Waals surface area contributed by atoms with Crippen molar-refractivity contribution in [2.45, 2.75) is 25.3 Å². The van der Waals surface area contributed by atoms with Crippen LogP contribution in [0.4, 0.5) is 5.69 Å². The number of carbonyl (C=O) groups is 1. The van der Waals surface area contributed by atoms with Crippen LogP contribution in [0.1, 0.15) is 18.1 Å². The highest BCUT2D eigenvalue weighted by Crippen LogP contribution is 2.23. The van der Waals surface area contributed by atoms with Gasteiger partial charge in [-0.3, -0.25) is 9.69 Å². The fourth-order valence-corrected chi connectivity index (χ4v) is 3.52. The van der Waals surface area contributed by atoms with Gasteiger partial charge in [0, 0.05) is 25.2 Å². The van der Waals surface area contributed by atoms with Gasteiger partial charge in [-0.2, -0.15) is 0 Å². The third-order valence-electron chi connectivity index (χ3n) is 5.66. The Bertz CT molecular complexity index is 737. The molecule has 0 aliphatic carbocycles. The molecule has 3 rings (SSSR count). The maximum atomic E-state index is 13.2. The van der Waals surface area contributed by atoms with Crippen LogP contribution in [0, 0.1) is 0 Å². The molecule has 1 aliphatic rings. The van der Waals surface area contributed by atoms with Gasteiger partial charge in [0.05, 0.1) is 18.8 Å². The summed E-state index contributed by atoms with van der Waals surface area (Å²) in [6.45, 7) is 5.45. The number of ether oxygens (including phenoxy) is 1. The second-order valence-electron chi connectivity index (χ2n) is 7.70. The van der Waals surface area contributed by atoms with Crippen LogP contribution in [0.2, 0.25) is 0 Å². The summed E-state index contributed by atoms with van der Waals surface area (Å²) in [4.78, 5) is 17.6. The molecule has 0 spiro atoms. The molecular weight excluding hydrogens is 336 g/mol. The van der Waals surface area contributed by atoms with Gasteiger partial charge in [-0.1, -0.05) is 42.5 Å². The highest BCUT2D eigenvalue weighted by molar-refractivity contribution is 5.90. The standard InChI is InChI=1S/C23H30N2O2/c1-23(24(2)3,18-20-7-5-4-6-8-20)22(26)17-19-9-11-21(12-10-19)25-13-15-27-16-14-25/h4-12H,13-18H2,1-3H3. The number of hydrogen-bond donors (Lipinski definition) is 0. The van der Waals surface area contributed by atoms with Crippen molar-refractivity contribution >= 4 is 11.5 Å². The summed E-state index contributed by atoms with van der Waals surface area (Å²) in [6.07, 6.45) is 1.16. The number of hydrogen-bond acceptors (Lipinski definition) is 4. The van der Waals surface area contributed by atoms with Crippen molar-refractivity contribution in [3.05, 3.63) is 65.7 Å². The van der Waals surface area contributed by atoms with E-state index >= 15 is 0 Å². The first-order chi connectivity index (χ1) is 13.0. The number of benzene rings is 2. The predicted molar refractivity (Wildman–Crippen MR) is 110 cm³/mol. The van der Waals surface area contributed by atoms with Gasteiger partial charge in [-0.15, -0.1) is 0 Å². The Balaban J connectivity index is 1.69. The average Bonchev–Trinajstić information content (AvgIpc) is 2.69. The summed E-state index contributed by atoms with van der Waals surface area (Å²) < 4.78 is 5.42. The number of ketones is 1. The van der Waals surface area contributed by atoms with E-state index in [1.807, 2.05) is 44.1 Å². The van der Waals surface area contributed by atoms with E-state index in [0.29, 0.717) is 12.8 Å². The van der Waals surface area contributed by atoms with Gasteiger partial charge in [-0.05, 0) is 50.7 Å². The minimum atomic E-state index is -0.524. The van der Waals surface area contributed by atoms with Crippen LogP contribution < -0.4 is 4.90 Å². The fourth-order valence-electron chi connectivity index (χ4n) is 3.52. The largest absolute Gasteiger partial charge is 0.378 e. The van der Waals surface area contributed by atoms with Gasteiger partial charge in [0.1, 0.15) is 0 Å². The maximum absolute atomic E-state index is 13.2. The SMILES string of the molecule is CN(C)C(C)(Cc1ccccc1)C(=O)Cc1ccc(N2CCOCC2)cc1. The average molecular weight is 367 g/mol. The molecule has 0 radical (unpaired) electrons. The molecule has 144 valence electrons. The van der Waals surface area contributed by atoms with E-state index in [0.717, 1.165) is 31.9 Å². The van der Waals surface area contributed by atoms with Crippen LogP contribution in [0.3, 0.4) is 0 Å². The Morgan fingerprint density at radius 2 is 1.63 bits per heavy atom. The summed E-state index contributed by atoms with van der Waals surface area (Å²) in [7, 11) is 3.98. The quantitative estimate of drug-likeness (QED) is 0.753. The number of carbonyl (C=O) groups excluding carboxylic acids is 1. The normalized spacial score (nSPS) is 17.0. The van der Waals surface area contributed by atoms with Crippen molar-refractivity contribution in [1.82, 2.24) is 4.90 Å². The summed E-state index contributed by atoms with van der Waals surface area (Å²) >= 11 is 0. The summed E-state index contributed by atoms with van der Waals surface area (Å²) in [5.74, 6) is 0.246. The van der Waals surface area contributed by atoms with Crippen molar-refractivity contribution in [1.29, 1.82) is 0 Å². The van der Waals surface area contributed by atoms with E-state index in [2.05, 4.69) is 41.3 Å². The van der Waals surface area contributed by atoms with Crippen molar-refractivity contribution in [3.8, 4) is 0 Å². The zero-order valence-electron chi connectivity index (χ0n) is 16.6. The zero-order chi connectivity index (χ0) is 19.3. The lowest BCUT2D eigenvalue weighted by atomic mass is 9.84. The molecule has 0 saturated carbocycles. The molecule has 1 fully saturated rings. The summed E-state index contributed by atoms with van der Waals surface area (Å²) in [6, 6.07) is 18.7. The number of morpholine rings is 1. The molecule has 1 aliphatic heterocycles. The van der Waals surface area contributed by atoms with E-state index in [9.17, 15) is 4.79 Å². The van der Waals surface area contributed by atoms with Gasteiger partial charge in [0.25, 0.3) is 0 Å². The Morgan fingerprint density at radius 3 is 2.22 bits per heavy atom. The fraction of sp³-hybridized carbons (Fsp3) is 0.435. The number of Topliss-reactive ketones (excluding diaryl/α,β-unsaturated/α-hetero) is 1. The molecule has 1 unspecified atom stereocenters. The second-order valence-corrected chi connectivity index (χ2v) is 7.70. The third kappa shape index (κ3) is 4.76. The highest BCUT2D eigenvalue weighted by Gasteiger charge is 2.35. The lowest BCUT2D eigenvalue weighted by molar-refractivity contribution is -0.128. The van der Waals surface area contributed by atoms with Crippen LogP contribution in [0.15, 0.2) is 54.6 Å². The van der Waals surface area contributed by atoms with Crippen molar-refractivity contribution in [3.63, 3.8) is 0 Å². The molecule has 0 bridgehead atoms. The van der Waals surface area contributed by atoms with Crippen LogP contribution in [-0.2, 0) is 22.4 Å². The molecule has 0 N–H and O–H groups in total. The molecular formula is C23H30N2O2. The minimum Gasteiger partial charge on any atom is -0.378 e. The Morgan fingerprint density at radius 1 is 1.00 bits per heavy atom. The van der Waals surface area contributed by atoms with E-state index < -0.39 is 5.54 Å². The number of likely N-dealkylation sites (N-methyl/N-ethyl adjacent to an activating group) is 1. The topological polar surface area (TPSA) is 32.8 Å². The van der Waals surface area contributed by atoms with Gasteiger partial charge >= 0.3 is 0 Å². The van der Waals surface area contributed by atoms with Gasteiger partial charge in [0.15, 0.2) is 5.78 Å². The zero-order valence-corrected chi connectivity index (χ0v) is 16.6. The van der Waals surface area contributed by atoms with Gasteiger partial charge in [-0.25, -0.2) is 0 Å². The molecule has 0 amide bonds. The number of nitrogens with zero attached hydrogens (tertiary/aromatic N) is 2. The van der Waals surface area contributed by atoms with Crippen LogP contribution in [0.25, 0.3) is 0 Å². The van der Waals surface area contributed by atoms with Crippen molar-refractivity contribution in [2.24, 2.45) is 0 Å². The highest BCUT2D eigenvalue weighted by atomic mass is 16.5. The first-order valence-corrected chi connectivity index (χ1v) is 9.65. The molecule has 0 aromatic heterocycles. The van der Waals surface area contributed by atoms with Gasteiger partial charge < -0.3 is 9.64 Å². The third-order valence-corrected chi connectivity index (χ3v) is 5.66. The molecule has 1 atom stereocenters. The molecule has 4 nitrogen and oxygen atoms in total. The molecule has 27 heavy (non-hydrogen) atoms. The predicted octanol–water partition coefficient (Wildman–Crippen LogP) is 3.20. The number of anilines is 1. The smallest absolute Gasteiger partial charge is 0.157 e. The lowest BCUT2D eigenvalue weighted by Crippen LogP contribution is -2.51. The second kappa shape index (κ2) is 8.68. The van der Waals surface area contributed by atoms with E-state index in [1.165, 1.54) is 11.3 Å². The summed E-state index contributed by atoms with van der Waals surface area (Å²) in [5, 5.41) is 0. The molecule has 2 aromatic carbocycles. The van der Waals surface area contributed by atoms with E-state index in [4.69, 9.17) is 4.74 Å². The van der Waals surface area contributed by atoms with Gasteiger partial charge in [0.2, 0.25) is 0 Å². The van der Waals surface area contributed by atoms with E-state index in [-0.39, 0.29) is 5.78 Å². The monoisotopic (exact) mass is 366 g/mol.